The number of aromatic amines is 1. The summed E-state index contributed by atoms with van der Waals surface area (Å²) in [5.41, 5.74) is 2.23. The average Bonchev–Trinajstić information content (AvgIpc) is 3.10. The molecule has 0 saturated carbocycles. The quantitative estimate of drug-likeness (QED) is 0.395. The number of rotatable bonds is 5. The Labute approximate surface area is 167 Å². The summed E-state index contributed by atoms with van der Waals surface area (Å²) in [7, 11) is 0. The number of nitro benzene ring substituents is 1. The van der Waals surface area contributed by atoms with Gasteiger partial charge in [0, 0.05) is 47.3 Å². The summed E-state index contributed by atoms with van der Waals surface area (Å²) < 4.78 is 0. The predicted molar refractivity (Wildman–Crippen MR) is 108 cm³/mol. The van der Waals surface area contributed by atoms with E-state index in [2.05, 4.69) is 29.8 Å². The molecule has 2 aromatic rings. The highest BCUT2D eigenvalue weighted by atomic mass is 16.6. The first kappa shape index (κ1) is 22.1. The molecule has 2 heterocycles. The number of nitro groups is 1. The molecule has 1 aromatic carbocycles. The lowest BCUT2D eigenvalue weighted by molar-refractivity contribution is -0.384. The second kappa shape index (κ2) is 9.83. The number of aliphatic carboxylic acids is 2. The van der Waals surface area contributed by atoms with Crippen LogP contribution in [-0.4, -0.2) is 56.1 Å². The third-order valence-electron chi connectivity index (χ3n) is 4.91. The second-order valence-electron chi connectivity index (χ2n) is 7.17. The summed E-state index contributed by atoms with van der Waals surface area (Å²) in [5, 5.41) is 27.5. The number of nitrogens with one attached hydrogen (secondary N) is 1. The Kier molecular flexibility index (Phi) is 7.49. The minimum atomic E-state index is -1.26. The fraction of sp³-hybridized carbons (Fsp3) is 0.400. The Balaban J connectivity index is 0.000000321. The van der Waals surface area contributed by atoms with Crippen LogP contribution in [0.25, 0.3) is 10.9 Å². The molecule has 0 atom stereocenters. The highest BCUT2D eigenvalue weighted by Gasteiger charge is 2.23. The van der Waals surface area contributed by atoms with Gasteiger partial charge in [-0.05, 0) is 51.9 Å². The number of non-ortho nitro benzene ring substituents is 1. The van der Waals surface area contributed by atoms with Crippen LogP contribution in [-0.2, 0) is 9.59 Å². The Morgan fingerprint density at radius 1 is 1.17 bits per heavy atom. The zero-order chi connectivity index (χ0) is 21.6. The number of likely N-dealkylation sites (tertiary alicyclic amines) is 1. The van der Waals surface area contributed by atoms with E-state index in [-0.39, 0.29) is 10.6 Å². The van der Waals surface area contributed by atoms with Crippen LogP contribution < -0.4 is 0 Å². The van der Waals surface area contributed by atoms with Crippen molar-refractivity contribution in [1.82, 2.24) is 9.88 Å². The molecule has 156 valence electrons. The van der Waals surface area contributed by atoms with Gasteiger partial charge in [-0.3, -0.25) is 10.1 Å². The normalized spacial score (nSPS) is 15.4. The van der Waals surface area contributed by atoms with Crippen molar-refractivity contribution in [2.24, 2.45) is 0 Å². The van der Waals surface area contributed by atoms with Crippen LogP contribution >= 0.6 is 0 Å². The molecule has 1 aliphatic rings. The monoisotopic (exact) mass is 403 g/mol. The van der Waals surface area contributed by atoms with Crippen LogP contribution in [0.3, 0.4) is 0 Å². The van der Waals surface area contributed by atoms with Crippen LogP contribution in [0.2, 0.25) is 0 Å². The van der Waals surface area contributed by atoms with Crippen LogP contribution in [0.5, 0.6) is 0 Å². The molecule has 1 aliphatic heterocycles. The van der Waals surface area contributed by atoms with Crippen molar-refractivity contribution in [2.45, 2.75) is 38.6 Å². The summed E-state index contributed by atoms with van der Waals surface area (Å²) in [6.45, 7) is 6.72. The zero-order valence-corrected chi connectivity index (χ0v) is 16.4. The number of piperidine rings is 1. The van der Waals surface area contributed by atoms with Gasteiger partial charge >= 0.3 is 11.9 Å². The largest absolute Gasteiger partial charge is 0.478 e. The summed E-state index contributed by atoms with van der Waals surface area (Å²) in [6, 6.07) is 7.78. The van der Waals surface area contributed by atoms with E-state index >= 15 is 0 Å². The smallest absolute Gasteiger partial charge is 0.328 e. The van der Waals surface area contributed by atoms with Crippen molar-refractivity contribution in [3.05, 3.63) is 52.2 Å². The number of carboxylic acid groups (broad SMARTS) is 2. The number of hydrogen-bond acceptors (Lipinski definition) is 5. The standard InChI is InChI=1S/C16H21N3O2.C4H4O4/c1-11(2)18-7-5-12(6-8-18)15-9-13-3-4-14(19(20)21)10-16(13)17-15;5-3(6)1-2-4(7)8/h3-4,9-12,17H,5-8H2,1-2H3;1-2H,(H,5,6)(H,7,8)/b;2-1-. The molecule has 1 aromatic heterocycles. The molecule has 0 unspecified atom stereocenters. The zero-order valence-electron chi connectivity index (χ0n) is 16.4. The maximum Gasteiger partial charge on any atom is 0.328 e. The fourth-order valence-electron chi connectivity index (χ4n) is 3.34. The first-order valence-corrected chi connectivity index (χ1v) is 9.32. The van der Waals surface area contributed by atoms with E-state index in [4.69, 9.17) is 10.2 Å². The topological polar surface area (TPSA) is 137 Å². The van der Waals surface area contributed by atoms with E-state index in [0.29, 0.717) is 24.1 Å². The van der Waals surface area contributed by atoms with Gasteiger partial charge in [-0.2, -0.15) is 0 Å². The number of benzene rings is 1. The van der Waals surface area contributed by atoms with E-state index in [9.17, 15) is 19.7 Å². The molecule has 0 aliphatic carbocycles. The third kappa shape index (κ3) is 6.42. The first-order chi connectivity index (χ1) is 13.7. The van der Waals surface area contributed by atoms with Crippen LogP contribution in [0, 0.1) is 10.1 Å². The van der Waals surface area contributed by atoms with Crippen molar-refractivity contribution in [1.29, 1.82) is 0 Å². The van der Waals surface area contributed by atoms with E-state index in [1.165, 1.54) is 5.69 Å². The maximum atomic E-state index is 10.8. The van der Waals surface area contributed by atoms with Crippen molar-refractivity contribution in [3.8, 4) is 0 Å². The van der Waals surface area contributed by atoms with E-state index in [0.717, 1.165) is 36.8 Å². The van der Waals surface area contributed by atoms with Crippen molar-refractivity contribution in [3.63, 3.8) is 0 Å². The molecule has 3 rings (SSSR count). The van der Waals surface area contributed by atoms with Gasteiger partial charge in [0.2, 0.25) is 0 Å². The number of aromatic nitrogens is 1. The number of carbonyl (C=O) groups is 2. The molecule has 0 amide bonds. The summed E-state index contributed by atoms with van der Waals surface area (Å²) in [4.78, 5) is 35.5. The molecule has 0 bridgehead atoms. The molecule has 1 saturated heterocycles. The van der Waals surface area contributed by atoms with Gasteiger partial charge in [0.25, 0.3) is 5.69 Å². The first-order valence-electron chi connectivity index (χ1n) is 9.32. The minimum absolute atomic E-state index is 0.144. The Morgan fingerprint density at radius 3 is 2.24 bits per heavy atom. The highest BCUT2D eigenvalue weighted by molar-refractivity contribution is 5.89. The number of carboxylic acids is 2. The number of hydrogen-bond donors (Lipinski definition) is 3. The van der Waals surface area contributed by atoms with Gasteiger partial charge in [0.1, 0.15) is 0 Å². The predicted octanol–water partition coefficient (Wildman–Crippen LogP) is 3.38. The minimum Gasteiger partial charge on any atom is -0.478 e. The Hall–Kier alpha value is -3.20. The van der Waals surface area contributed by atoms with Crippen LogP contribution in [0.1, 0.15) is 38.3 Å². The fourth-order valence-corrected chi connectivity index (χ4v) is 3.34. The second-order valence-corrected chi connectivity index (χ2v) is 7.17. The highest BCUT2D eigenvalue weighted by Crippen LogP contribution is 2.31. The van der Waals surface area contributed by atoms with Crippen molar-refractivity contribution >= 4 is 28.5 Å². The summed E-state index contributed by atoms with van der Waals surface area (Å²) >= 11 is 0. The lowest BCUT2D eigenvalue weighted by atomic mass is 9.93. The van der Waals surface area contributed by atoms with E-state index < -0.39 is 11.9 Å². The number of H-pyrrole nitrogens is 1. The van der Waals surface area contributed by atoms with E-state index in [1.807, 2.05) is 6.07 Å². The van der Waals surface area contributed by atoms with Crippen molar-refractivity contribution in [2.75, 3.05) is 13.1 Å². The maximum absolute atomic E-state index is 10.8. The summed E-state index contributed by atoms with van der Waals surface area (Å²) in [6.07, 6.45) is 3.41. The summed E-state index contributed by atoms with van der Waals surface area (Å²) in [5.74, 6) is -1.98. The molecule has 0 radical (unpaired) electrons. The van der Waals surface area contributed by atoms with Crippen LogP contribution in [0.15, 0.2) is 36.4 Å². The Morgan fingerprint density at radius 2 is 1.76 bits per heavy atom. The van der Waals surface area contributed by atoms with Gasteiger partial charge in [-0.25, -0.2) is 9.59 Å². The van der Waals surface area contributed by atoms with Gasteiger partial charge in [0.15, 0.2) is 0 Å². The number of nitrogens with zero attached hydrogens (tertiary/aromatic N) is 2. The van der Waals surface area contributed by atoms with Gasteiger partial charge < -0.3 is 20.1 Å². The van der Waals surface area contributed by atoms with Gasteiger partial charge in [-0.15, -0.1) is 0 Å². The molecule has 0 spiro atoms. The molecule has 1 fully saturated rings. The molecular formula is C20H25N3O6. The molecular weight excluding hydrogens is 378 g/mol. The lowest BCUT2D eigenvalue weighted by Crippen LogP contribution is -2.37. The average molecular weight is 403 g/mol. The van der Waals surface area contributed by atoms with E-state index in [1.54, 1.807) is 12.1 Å². The lowest BCUT2D eigenvalue weighted by Gasteiger charge is -2.34. The van der Waals surface area contributed by atoms with Gasteiger partial charge in [-0.1, -0.05) is 0 Å². The van der Waals surface area contributed by atoms with Crippen molar-refractivity contribution < 1.29 is 24.7 Å². The van der Waals surface area contributed by atoms with Gasteiger partial charge in [0.05, 0.1) is 10.4 Å². The third-order valence-corrected chi connectivity index (χ3v) is 4.91. The number of fused-ring (bicyclic) bond motifs is 1. The Bertz CT molecular complexity index is 894. The molecule has 29 heavy (non-hydrogen) atoms. The SMILES string of the molecule is CC(C)N1CCC(c2cc3ccc([N+](=O)[O-])cc3[nH]2)CC1.O=C(O)/C=C\C(=O)O. The molecule has 3 N–H and O–H groups in total. The van der Waals surface area contributed by atoms with Crippen LogP contribution in [0.4, 0.5) is 5.69 Å². The molecule has 9 heteroatoms. The molecule has 9 nitrogen and oxygen atoms in total.